The Labute approximate surface area is 127 Å². The third-order valence-electron chi connectivity index (χ3n) is 3.50. The molecule has 0 saturated heterocycles. The summed E-state index contributed by atoms with van der Waals surface area (Å²) in [5.74, 6) is 0.652. The maximum Gasteiger partial charge on any atom is 0.417 e. The van der Waals surface area contributed by atoms with E-state index in [4.69, 9.17) is 14.9 Å². The molecule has 1 aromatic heterocycles. The predicted molar refractivity (Wildman–Crippen MR) is 86.5 cm³/mol. The van der Waals surface area contributed by atoms with Crippen LogP contribution in [0.2, 0.25) is 0 Å². The number of anilines is 1. The van der Waals surface area contributed by atoms with Crippen molar-refractivity contribution in [1.29, 1.82) is 0 Å². The molecule has 0 radical (unpaired) electrons. The first-order valence-electron chi connectivity index (χ1n) is 7.04. The van der Waals surface area contributed by atoms with Crippen LogP contribution in [-0.2, 0) is 5.41 Å². The monoisotopic (exact) mass is 298 g/mol. The van der Waals surface area contributed by atoms with Gasteiger partial charge in [0.2, 0.25) is 0 Å². The molecule has 2 aromatic carbocycles. The second-order valence-electron chi connectivity index (χ2n) is 6.28. The van der Waals surface area contributed by atoms with Gasteiger partial charge in [0.05, 0.1) is 11.2 Å². The Morgan fingerprint density at radius 2 is 1.82 bits per heavy atom. The van der Waals surface area contributed by atoms with Gasteiger partial charge in [-0.3, -0.25) is 4.98 Å². The third kappa shape index (κ3) is 2.70. The molecule has 0 atom stereocenters. The van der Waals surface area contributed by atoms with Crippen LogP contribution in [0, 0.1) is 0 Å². The number of ether oxygens (including phenoxy) is 1. The van der Waals surface area contributed by atoms with Crippen molar-refractivity contribution in [1.82, 2.24) is 4.98 Å². The zero-order valence-corrected chi connectivity index (χ0v) is 12.8. The molecule has 0 aliphatic carbocycles. The van der Waals surface area contributed by atoms with E-state index in [1.165, 1.54) is 5.56 Å². The Kier molecular flexibility index (Phi) is 3.20. The van der Waals surface area contributed by atoms with Crippen LogP contribution in [-0.4, -0.2) is 4.98 Å². The molecule has 0 spiro atoms. The molecule has 1 heterocycles. The minimum atomic E-state index is -0.513. The summed E-state index contributed by atoms with van der Waals surface area (Å²) in [5.41, 5.74) is 8.64. The van der Waals surface area contributed by atoms with Crippen LogP contribution < -0.4 is 16.2 Å². The molecule has 0 saturated carbocycles. The summed E-state index contributed by atoms with van der Waals surface area (Å²) in [4.78, 5) is 13.8. The minimum absolute atomic E-state index is 0.0900. The molecule has 5 heteroatoms. The third-order valence-corrected chi connectivity index (χ3v) is 3.50. The van der Waals surface area contributed by atoms with Crippen molar-refractivity contribution >= 4 is 16.8 Å². The van der Waals surface area contributed by atoms with E-state index in [9.17, 15) is 4.79 Å². The molecule has 3 N–H and O–H groups in total. The molecular formula is C17H18N2O3. The highest BCUT2D eigenvalue weighted by Gasteiger charge is 2.14. The number of hydrogen-bond donors (Lipinski definition) is 2. The number of hydrogen-bond acceptors (Lipinski definition) is 4. The first-order chi connectivity index (χ1) is 10.3. The topological polar surface area (TPSA) is 81.2 Å². The number of nitrogen functional groups attached to an aromatic ring is 1. The molecule has 0 bridgehead atoms. The number of rotatable bonds is 2. The van der Waals surface area contributed by atoms with Crippen molar-refractivity contribution in [3.05, 3.63) is 52.5 Å². The van der Waals surface area contributed by atoms with E-state index in [2.05, 4.69) is 25.8 Å². The Bertz CT molecular complexity index is 868. The van der Waals surface area contributed by atoms with Gasteiger partial charge in [0, 0.05) is 12.1 Å². The lowest BCUT2D eigenvalue weighted by Gasteiger charge is -2.19. The Balaban J connectivity index is 1.92. The van der Waals surface area contributed by atoms with Gasteiger partial charge in [-0.05, 0) is 23.1 Å². The predicted octanol–water partition coefficient (Wildman–Crippen LogP) is 3.79. The molecule has 0 aliphatic heterocycles. The highest BCUT2D eigenvalue weighted by atomic mass is 16.5. The number of nitrogens with one attached hydrogen (secondary N) is 1. The molecule has 0 aliphatic rings. The number of fused-ring (bicyclic) bond motifs is 1. The van der Waals surface area contributed by atoms with Crippen molar-refractivity contribution in [2.75, 3.05) is 5.73 Å². The Morgan fingerprint density at radius 3 is 2.45 bits per heavy atom. The van der Waals surface area contributed by atoms with Gasteiger partial charge in [-0.15, -0.1) is 0 Å². The Morgan fingerprint density at radius 1 is 1.14 bits per heavy atom. The standard InChI is InChI=1S/C17H18N2O3/c1-17(2,3)10-4-6-11(7-5-10)21-14-9-13-15(8-12(14)18)22-16(20)19-13/h4-9H,18H2,1-3H3,(H,19,20). The second kappa shape index (κ2) is 4.94. The molecule has 0 fully saturated rings. The summed E-state index contributed by atoms with van der Waals surface area (Å²) in [5, 5.41) is 0. The fourth-order valence-corrected chi connectivity index (χ4v) is 2.23. The second-order valence-corrected chi connectivity index (χ2v) is 6.28. The molecule has 22 heavy (non-hydrogen) atoms. The van der Waals surface area contributed by atoms with Gasteiger partial charge in [0.25, 0.3) is 0 Å². The number of aromatic nitrogens is 1. The van der Waals surface area contributed by atoms with Crippen LogP contribution in [0.25, 0.3) is 11.1 Å². The average Bonchev–Trinajstić information content (AvgIpc) is 2.78. The van der Waals surface area contributed by atoms with Crippen molar-refractivity contribution in [3.63, 3.8) is 0 Å². The minimum Gasteiger partial charge on any atom is -0.455 e. The van der Waals surface area contributed by atoms with Gasteiger partial charge in [0.1, 0.15) is 5.75 Å². The quantitative estimate of drug-likeness (QED) is 0.705. The summed E-state index contributed by atoms with van der Waals surface area (Å²) in [6.07, 6.45) is 0. The number of H-pyrrole nitrogens is 1. The first kappa shape index (κ1) is 14.3. The van der Waals surface area contributed by atoms with Gasteiger partial charge in [-0.2, -0.15) is 0 Å². The van der Waals surface area contributed by atoms with Crippen LogP contribution in [0.3, 0.4) is 0 Å². The average molecular weight is 298 g/mol. The summed E-state index contributed by atoms with van der Waals surface area (Å²) in [7, 11) is 0. The Hall–Kier alpha value is -2.69. The van der Waals surface area contributed by atoms with E-state index < -0.39 is 5.76 Å². The van der Waals surface area contributed by atoms with Crippen molar-refractivity contribution < 1.29 is 9.15 Å². The molecule has 114 valence electrons. The van der Waals surface area contributed by atoms with Crippen LogP contribution in [0.5, 0.6) is 11.5 Å². The first-order valence-corrected chi connectivity index (χ1v) is 7.04. The van der Waals surface area contributed by atoms with Crippen molar-refractivity contribution in [2.45, 2.75) is 26.2 Å². The fourth-order valence-electron chi connectivity index (χ4n) is 2.23. The van der Waals surface area contributed by atoms with Gasteiger partial charge in [-0.25, -0.2) is 4.79 Å². The van der Waals surface area contributed by atoms with Crippen LogP contribution in [0.1, 0.15) is 26.3 Å². The maximum absolute atomic E-state index is 11.2. The van der Waals surface area contributed by atoms with Gasteiger partial charge >= 0.3 is 5.76 Å². The van der Waals surface area contributed by atoms with E-state index in [0.29, 0.717) is 28.3 Å². The number of oxazole rings is 1. The lowest BCUT2D eigenvalue weighted by molar-refractivity contribution is 0.484. The molecule has 5 nitrogen and oxygen atoms in total. The maximum atomic E-state index is 11.2. The highest BCUT2D eigenvalue weighted by Crippen LogP contribution is 2.32. The van der Waals surface area contributed by atoms with E-state index in [1.54, 1.807) is 12.1 Å². The zero-order valence-electron chi connectivity index (χ0n) is 12.8. The number of nitrogens with two attached hydrogens (primary N) is 1. The molecular weight excluding hydrogens is 280 g/mol. The number of benzene rings is 2. The summed E-state index contributed by atoms with van der Waals surface area (Å²) in [6.45, 7) is 6.47. The molecule has 3 aromatic rings. The van der Waals surface area contributed by atoms with Crippen LogP contribution in [0.4, 0.5) is 5.69 Å². The SMILES string of the molecule is CC(C)(C)c1ccc(Oc2cc3[nH]c(=O)oc3cc2N)cc1. The normalized spacial score (nSPS) is 11.8. The van der Waals surface area contributed by atoms with Gasteiger partial charge < -0.3 is 14.9 Å². The van der Waals surface area contributed by atoms with E-state index in [0.717, 1.165) is 0 Å². The lowest BCUT2D eigenvalue weighted by atomic mass is 9.87. The van der Waals surface area contributed by atoms with E-state index >= 15 is 0 Å². The van der Waals surface area contributed by atoms with Crippen molar-refractivity contribution in [3.8, 4) is 11.5 Å². The lowest BCUT2D eigenvalue weighted by Crippen LogP contribution is -2.10. The smallest absolute Gasteiger partial charge is 0.417 e. The van der Waals surface area contributed by atoms with Gasteiger partial charge in [0.15, 0.2) is 11.3 Å². The summed E-state index contributed by atoms with van der Waals surface area (Å²) >= 11 is 0. The summed E-state index contributed by atoms with van der Waals surface area (Å²) in [6, 6.07) is 11.1. The van der Waals surface area contributed by atoms with Crippen molar-refractivity contribution in [2.24, 2.45) is 0 Å². The molecule has 0 amide bonds. The fraction of sp³-hybridized carbons (Fsp3) is 0.235. The van der Waals surface area contributed by atoms with Crippen LogP contribution >= 0.6 is 0 Å². The highest BCUT2D eigenvalue weighted by molar-refractivity contribution is 5.80. The molecule has 3 rings (SSSR count). The van der Waals surface area contributed by atoms with Crippen LogP contribution in [0.15, 0.2) is 45.6 Å². The van der Waals surface area contributed by atoms with Gasteiger partial charge in [-0.1, -0.05) is 32.9 Å². The van der Waals surface area contributed by atoms with E-state index in [-0.39, 0.29) is 5.41 Å². The summed E-state index contributed by atoms with van der Waals surface area (Å²) < 4.78 is 10.8. The molecule has 0 unspecified atom stereocenters. The number of aromatic amines is 1. The largest absolute Gasteiger partial charge is 0.455 e. The zero-order chi connectivity index (χ0) is 15.9. The van der Waals surface area contributed by atoms with E-state index in [1.807, 2.05) is 24.3 Å².